The molecule has 1 aliphatic heterocycles. The summed E-state index contributed by atoms with van der Waals surface area (Å²) in [5, 5.41) is 25.2. The first-order chi connectivity index (χ1) is 13.8. The van der Waals surface area contributed by atoms with Crippen LogP contribution < -0.4 is 10.2 Å². The minimum Gasteiger partial charge on any atom is -0.366 e. The van der Waals surface area contributed by atoms with E-state index in [-0.39, 0.29) is 16.9 Å². The highest BCUT2D eigenvalue weighted by Gasteiger charge is 2.25. The molecule has 0 aromatic heterocycles. The van der Waals surface area contributed by atoms with Crippen LogP contribution in [0.4, 0.5) is 22.7 Å². The number of non-ortho nitro benzene ring substituents is 1. The van der Waals surface area contributed by atoms with Gasteiger partial charge in [-0.15, -0.1) is 0 Å². The number of rotatable bonds is 5. The Hall–Kier alpha value is -3.49. The number of carbonyl (C=O) groups is 1. The van der Waals surface area contributed by atoms with Gasteiger partial charge in [0.15, 0.2) is 0 Å². The Morgan fingerprint density at radius 1 is 1.14 bits per heavy atom. The van der Waals surface area contributed by atoms with Gasteiger partial charge in [-0.1, -0.05) is 13.0 Å². The number of nitro benzene ring substituents is 2. The number of piperidine rings is 1. The topological polar surface area (TPSA) is 119 Å². The van der Waals surface area contributed by atoms with Gasteiger partial charge in [-0.05, 0) is 43.4 Å². The van der Waals surface area contributed by atoms with E-state index in [0.29, 0.717) is 22.9 Å². The van der Waals surface area contributed by atoms with E-state index in [4.69, 9.17) is 0 Å². The highest BCUT2D eigenvalue weighted by atomic mass is 16.6. The maximum absolute atomic E-state index is 12.6. The van der Waals surface area contributed by atoms with Gasteiger partial charge in [-0.3, -0.25) is 25.0 Å². The third kappa shape index (κ3) is 4.50. The Morgan fingerprint density at radius 2 is 1.90 bits per heavy atom. The van der Waals surface area contributed by atoms with Crippen molar-refractivity contribution >= 4 is 28.7 Å². The maximum Gasteiger partial charge on any atom is 0.293 e. The van der Waals surface area contributed by atoms with Crippen molar-refractivity contribution in [2.75, 3.05) is 23.3 Å². The Balaban J connectivity index is 1.88. The van der Waals surface area contributed by atoms with E-state index < -0.39 is 15.8 Å². The number of benzene rings is 2. The summed E-state index contributed by atoms with van der Waals surface area (Å²) in [5.74, 6) is -0.113. The van der Waals surface area contributed by atoms with Crippen LogP contribution in [0.5, 0.6) is 0 Å². The molecule has 29 heavy (non-hydrogen) atoms. The van der Waals surface area contributed by atoms with Crippen molar-refractivity contribution in [3.63, 3.8) is 0 Å². The van der Waals surface area contributed by atoms with Gasteiger partial charge in [-0.2, -0.15) is 0 Å². The largest absolute Gasteiger partial charge is 0.366 e. The minimum atomic E-state index is -0.560. The Morgan fingerprint density at radius 3 is 2.55 bits per heavy atom. The number of amides is 1. The van der Waals surface area contributed by atoms with Gasteiger partial charge >= 0.3 is 0 Å². The first-order valence-electron chi connectivity index (χ1n) is 9.36. The molecule has 152 valence electrons. The van der Waals surface area contributed by atoms with E-state index in [1.54, 1.807) is 19.1 Å². The summed E-state index contributed by atoms with van der Waals surface area (Å²) in [6.45, 7) is 5.30. The summed E-state index contributed by atoms with van der Waals surface area (Å²) >= 11 is 0. The van der Waals surface area contributed by atoms with Crippen molar-refractivity contribution in [1.82, 2.24) is 0 Å². The molecule has 1 unspecified atom stereocenters. The number of hydrogen-bond donors (Lipinski definition) is 1. The van der Waals surface area contributed by atoms with E-state index in [2.05, 4.69) is 12.2 Å². The second-order valence-corrected chi connectivity index (χ2v) is 7.36. The Kier molecular flexibility index (Phi) is 5.76. The number of hydrogen-bond acceptors (Lipinski definition) is 6. The molecule has 1 heterocycles. The molecule has 2 aromatic rings. The summed E-state index contributed by atoms with van der Waals surface area (Å²) in [6, 6.07) is 8.57. The zero-order valence-corrected chi connectivity index (χ0v) is 16.3. The van der Waals surface area contributed by atoms with E-state index in [1.807, 2.05) is 4.90 Å². The Labute approximate surface area is 167 Å². The molecule has 1 fully saturated rings. The van der Waals surface area contributed by atoms with E-state index in [1.165, 1.54) is 24.3 Å². The van der Waals surface area contributed by atoms with Crippen LogP contribution >= 0.6 is 0 Å². The number of nitrogens with zero attached hydrogens (tertiary/aromatic N) is 3. The minimum absolute atomic E-state index is 0.122. The zero-order valence-electron chi connectivity index (χ0n) is 16.3. The van der Waals surface area contributed by atoms with Crippen molar-refractivity contribution in [3.05, 3.63) is 67.8 Å². The normalized spacial score (nSPS) is 16.3. The van der Waals surface area contributed by atoms with Crippen molar-refractivity contribution in [2.24, 2.45) is 5.92 Å². The molecule has 0 bridgehead atoms. The summed E-state index contributed by atoms with van der Waals surface area (Å²) in [7, 11) is 0. The highest BCUT2D eigenvalue weighted by Crippen LogP contribution is 2.33. The van der Waals surface area contributed by atoms with Crippen LogP contribution in [0.2, 0.25) is 0 Å². The van der Waals surface area contributed by atoms with Gasteiger partial charge < -0.3 is 10.2 Å². The smallest absolute Gasteiger partial charge is 0.293 e. The predicted molar refractivity (Wildman–Crippen MR) is 109 cm³/mol. The fourth-order valence-electron chi connectivity index (χ4n) is 3.54. The van der Waals surface area contributed by atoms with Crippen molar-refractivity contribution in [1.29, 1.82) is 0 Å². The predicted octanol–water partition coefficient (Wildman–Crippen LogP) is 4.30. The first kappa shape index (κ1) is 20.2. The molecule has 9 heteroatoms. The summed E-state index contributed by atoms with van der Waals surface area (Å²) < 4.78 is 0. The van der Waals surface area contributed by atoms with Gasteiger partial charge in [-0.25, -0.2) is 0 Å². The van der Waals surface area contributed by atoms with Crippen LogP contribution in [0.3, 0.4) is 0 Å². The summed E-state index contributed by atoms with van der Waals surface area (Å²) in [6.07, 6.45) is 2.06. The van der Waals surface area contributed by atoms with Crippen LogP contribution in [0.1, 0.15) is 35.7 Å². The number of carbonyl (C=O) groups excluding carboxylic acids is 1. The van der Waals surface area contributed by atoms with Gasteiger partial charge in [0, 0.05) is 36.9 Å². The SMILES string of the molecule is Cc1ccc([N+](=O)[O-])cc1NC(=O)c1ccc(N2CCCC(C)C2)c([N+](=O)[O-])c1. The lowest BCUT2D eigenvalue weighted by Crippen LogP contribution is -2.34. The molecule has 9 nitrogen and oxygen atoms in total. The van der Waals surface area contributed by atoms with Crippen LogP contribution in [-0.4, -0.2) is 28.8 Å². The van der Waals surface area contributed by atoms with E-state index in [9.17, 15) is 25.0 Å². The molecule has 0 aliphatic carbocycles. The molecule has 1 N–H and O–H groups in total. The molecule has 0 saturated carbocycles. The second-order valence-electron chi connectivity index (χ2n) is 7.36. The molecule has 0 spiro atoms. The monoisotopic (exact) mass is 398 g/mol. The molecule has 2 aromatic carbocycles. The van der Waals surface area contributed by atoms with Crippen molar-refractivity contribution in [3.8, 4) is 0 Å². The quantitative estimate of drug-likeness (QED) is 0.592. The van der Waals surface area contributed by atoms with Crippen molar-refractivity contribution in [2.45, 2.75) is 26.7 Å². The van der Waals surface area contributed by atoms with Crippen molar-refractivity contribution < 1.29 is 14.6 Å². The van der Waals surface area contributed by atoms with Crippen LogP contribution in [0.15, 0.2) is 36.4 Å². The lowest BCUT2D eigenvalue weighted by molar-refractivity contribution is -0.384. The third-order valence-electron chi connectivity index (χ3n) is 5.11. The van der Waals surface area contributed by atoms with E-state index in [0.717, 1.165) is 25.9 Å². The Bertz CT molecular complexity index is 975. The van der Waals surface area contributed by atoms with Crippen LogP contribution in [0, 0.1) is 33.1 Å². The van der Waals surface area contributed by atoms with Gasteiger partial charge in [0.05, 0.1) is 15.5 Å². The molecule has 1 atom stereocenters. The summed E-state index contributed by atoms with van der Waals surface area (Å²) in [5.41, 5.74) is 1.30. The maximum atomic E-state index is 12.6. The fraction of sp³-hybridized carbons (Fsp3) is 0.350. The second kappa shape index (κ2) is 8.26. The standard InChI is InChI=1S/C20H22N4O5/c1-13-4-3-9-22(12-13)18-8-6-15(10-19(18)24(28)29)20(25)21-17-11-16(23(26)27)7-5-14(17)2/h5-8,10-11,13H,3-4,9,12H2,1-2H3,(H,21,25). The lowest BCUT2D eigenvalue weighted by atomic mass is 9.99. The number of aryl methyl sites for hydroxylation is 1. The average Bonchev–Trinajstić information content (AvgIpc) is 2.68. The lowest BCUT2D eigenvalue weighted by Gasteiger charge is -2.32. The third-order valence-corrected chi connectivity index (χ3v) is 5.11. The van der Waals surface area contributed by atoms with Crippen LogP contribution in [-0.2, 0) is 0 Å². The molecule has 1 amide bonds. The van der Waals surface area contributed by atoms with Crippen LogP contribution in [0.25, 0.3) is 0 Å². The molecule has 0 radical (unpaired) electrons. The number of anilines is 2. The molecular weight excluding hydrogens is 376 g/mol. The highest BCUT2D eigenvalue weighted by molar-refractivity contribution is 6.05. The average molecular weight is 398 g/mol. The molecular formula is C20H22N4O5. The molecule has 3 rings (SSSR count). The van der Waals surface area contributed by atoms with E-state index >= 15 is 0 Å². The summed E-state index contributed by atoms with van der Waals surface area (Å²) in [4.78, 5) is 36.2. The first-order valence-corrected chi connectivity index (χ1v) is 9.36. The van der Waals surface area contributed by atoms with Gasteiger partial charge in [0.2, 0.25) is 0 Å². The van der Waals surface area contributed by atoms with Gasteiger partial charge in [0.25, 0.3) is 17.3 Å². The van der Waals surface area contributed by atoms with Gasteiger partial charge in [0.1, 0.15) is 5.69 Å². The molecule has 1 saturated heterocycles. The molecule has 1 aliphatic rings. The fourth-order valence-corrected chi connectivity index (χ4v) is 3.54. The zero-order chi connectivity index (χ0) is 21.1. The number of nitro groups is 2. The number of nitrogens with one attached hydrogen (secondary N) is 1.